The van der Waals surface area contributed by atoms with Crippen molar-refractivity contribution in [2.75, 3.05) is 13.6 Å². The first-order valence-corrected chi connectivity index (χ1v) is 8.83. The minimum absolute atomic E-state index is 0.163. The van der Waals surface area contributed by atoms with E-state index in [2.05, 4.69) is 23.9 Å². The zero-order valence-corrected chi connectivity index (χ0v) is 13.6. The first kappa shape index (κ1) is 16.4. The topological polar surface area (TPSA) is 67.4 Å². The summed E-state index contributed by atoms with van der Waals surface area (Å²) in [5.74, 6) is 0. The second-order valence-corrected chi connectivity index (χ2v) is 7.44. The monoisotopic (exact) mass is 312 g/mol. The van der Waals surface area contributed by atoms with Crippen molar-refractivity contribution >= 4 is 10.0 Å². The van der Waals surface area contributed by atoms with Crippen LogP contribution >= 0.6 is 0 Å². The Morgan fingerprint density at radius 3 is 2.48 bits per heavy atom. The lowest BCUT2D eigenvalue weighted by Gasteiger charge is -2.18. The molecule has 1 aliphatic rings. The molecular weight excluding hydrogens is 288 g/mol. The molecule has 0 radical (unpaired) electrons. The summed E-state index contributed by atoms with van der Waals surface area (Å²) in [4.78, 5) is 0.286. The minimum atomic E-state index is -3.36. The van der Waals surface area contributed by atoms with Gasteiger partial charge < -0.3 is 10.1 Å². The third-order valence-electron chi connectivity index (χ3n) is 3.93. The number of sulfonamides is 1. The highest BCUT2D eigenvalue weighted by Gasteiger charge is 2.22. The molecule has 118 valence electrons. The zero-order valence-electron chi connectivity index (χ0n) is 12.8. The van der Waals surface area contributed by atoms with Crippen molar-refractivity contribution in [3.63, 3.8) is 0 Å². The van der Waals surface area contributed by atoms with E-state index in [0.29, 0.717) is 6.10 Å². The van der Waals surface area contributed by atoms with Crippen LogP contribution in [-0.2, 0) is 14.8 Å². The van der Waals surface area contributed by atoms with Crippen LogP contribution in [-0.4, -0.2) is 34.2 Å². The highest BCUT2D eigenvalue weighted by Crippen LogP contribution is 2.20. The normalized spacial score (nSPS) is 24.1. The molecule has 1 saturated heterocycles. The molecule has 2 rings (SSSR count). The Morgan fingerprint density at radius 1 is 1.29 bits per heavy atom. The van der Waals surface area contributed by atoms with Crippen LogP contribution in [0.2, 0.25) is 0 Å². The highest BCUT2D eigenvalue weighted by atomic mass is 32.2. The van der Waals surface area contributed by atoms with Crippen LogP contribution in [0.3, 0.4) is 0 Å². The molecule has 0 unspecified atom stereocenters. The summed E-state index contributed by atoms with van der Waals surface area (Å²) in [6.45, 7) is 4.99. The molecule has 1 aliphatic heterocycles. The van der Waals surface area contributed by atoms with Crippen LogP contribution in [0.15, 0.2) is 29.2 Å². The van der Waals surface area contributed by atoms with Gasteiger partial charge in [0.15, 0.2) is 0 Å². The van der Waals surface area contributed by atoms with Crippen molar-refractivity contribution in [3.8, 4) is 0 Å². The lowest BCUT2D eigenvalue weighted by atomic mass is 10.1. The van der Waals surface area contributed by atoms with Gasteiger partial charge >= 0.3 is 0 Å². The van der Waals surface area contributed by atoms with E-state index in [0.717, 1.165) is 24.9 Å². The van der Waals surface area contributed by atoms with E-state index in [1.165, 1.54) is 7.05 Å². The zero-order chi connectivity index (χ0) is 15.5. The van der Waals surface area contributed by atoms with Gasteiger partial charge in [0.25, 0.3) is 0 Å². The Kier molecular flexibility index (Phi) is 5.37. The molecule has 5 nitrogen and oxygen atoms in total. The molecule has 2 N–H and O–H groups in total. The molecule has 21 heavy (non-hydrogen) atoms. The maximum absolute atomic E-state index is 11.7. The number of nitrogens with one attached hydrogen (secondary N) is 2. The van der Waals surface area contributed by atoms with Crippen LogP contribution in [0.1, 0.15) is 38.3 Å². The first-order chi connectivity index (χ1) is 9.92. The quantitative estimate of drug-likeness (QED) is 0.841. The van der Waals surface area contributed by atoms with E-state index >= 15 is 0 Å². The molecular formula is C15H24N2O3S. The number of hydrogen-bond donors (Lipinski definition) is 2. The summed E-state index contributed by atoms with van der Waals surface area (Å²) in [5, 5.41) is 3.44. The Labute approximate surface area is 127 Å². The summed E-state index contributed by atoms with van der Waals surface area (Å²) >= 11 is 0. The smallest absolute Gasteiger partial charge is 0.240 e. The highest BCUT2D eigenvalue weighted by molar-refractivity contribution is 7.89. The summed E-state index contributed by atoms with van der Waals surface area (Å²) in [6.07, 6.45) is 2.86. The second-order valence-electron chi connectivity index (χ2n) is 5.55. The van der Waals surface area contributed by atoms with Gasteiger partial charge in [0, 0.05) is 12.6 Å². The summed E-state index contributed by atoms with van der Waals surface area (Å²) in [7, 11) is -1.95. The van der Waals surface area contributed by atoms with E-state index in [4.69, 9.17) is 4.74 Å². The van der Waals surface area contributed by atoms with Crippen molar-refractivity contribution in [3.05, 3.63) is 29.8 Å². The summed E-state index contributed by atoms with van der Waals surface area (Å²) in [6, 6.07) is 7.12. The molecule has 6 heteroatoms. The predicted octanol–water partition coefficient (Wildman–Crippen LogP) is 1.81. The number of rotatable bonds is 6. The van der Waals surface area contributed by atoms with Crippen LogP contribution in [0.25, 0.3) is 0 Å². The van der Waals surface area contributed by atoms with Gasteiger partial charge in [0.05, 0.1) is 17.1 Å². The van der Waals surface area contributed by atoms with Gasteiger partial charge in [0.2, 0.25) is 10.0 Å². The molecule has 1 heterocycles. The van der Waals surface area contributed by atoms with Gasteiger partial charge in [-0.25, -0.2) is 13.1 Å². The summed E-state index contributed by atoms with van der Waals surface area (Å²) < 4.78 is 31.4. The van der Waals surface area contributed by atoms with Crippen LogP contribution in [0.4, 0.5) is 0 Å². The first-order valence-electron chi connectivity index (χ1n) is 7.34. The van der Waals surface area contributed by atoms with E-state index in [9.17, 15) is 8.42 Å². The third-order valence-corrected chi connectivity index (χ3v) is 5.36. The predicted molar refractivity (Wildman–Crippen MR) is 82.7 cm³/mol. The average molecular weight is 312 g/mol. The number of benzene rings is 1. The lowest BCUT2D eigenvalue weighted by molar-refractivity contribution is 0.0546. The SMILES string of the molecule is CNS(=O)(=O)c1ccc([C@H](C)NC[C@@H]2CC[C@H](C)O2)cc1. The molecule has 0 aromatic heterocycles. The second kappa shape index (κ2) is 6.87. The Bertz CT molecular complexity index is 557. The molecule has 0 spiro atoms. The standard InChI is InChI=1S/C15H24N2O3S/c1-11-4-7-14(20-11)10-17-12(2)13-5-8-15(9-6-13)21(18,19)16-3/h5-6,8-9,11-12,14,16-17H,4,7,10H2,1-3H3/t11-,12-,14-/m0/s1. The van der Waals surface area contributed by atoms with Gasteiger partial charge in [-0.3, -0.25) is 0 Å². The summed E-state index contributed by atoms with van der Waals surface area (Å²) in [5.41, 5.74) is 1.07. The fourth-order valence-corrected chi connectivity index (χ4v) is 3.25. The molecule has 0 amide bonds. The van der Waals surface area contributed by atoms with E-state index in [-0.39, 0.29) is 17.0 Å². The van der Waals surface area contributed by atoms with Gasteiger partial charge in [-0.2, -0.15) is 0 Å². The Hall–Kier alpha value is -0.950. The van der Waals surface area contributed by atoms with E-state index in [1.54, 1.807) is 12.1 Å². The molecule has 0 bridgehead atoms. The molecule has 0 aliphatic carbocycles. The van der Waals surface area contributed by atoms with Gasteiger partial charge in [-0.15, -0.1) is 0 Å². The van der Waals surface area contributed by atoms with Gasteiger partial charge in [-0.05, 0) is 51.4 Å². The molecule has 0 saturated carbocycles. The van der Waals surface area contributed by atoms with Crippen LogP contribution in [0, 0.1) is 0 Å². The molecule has 1 aromatic rings. The maximum Gasteiger partial charge on any atom is 0.240 e. The van der Waals surface area contributed by atoms with Gasteiger partial charge in [-0.1, -0.05) is 12.1 Å². The number of ether oxygens (including phenoxy) is 1. The van der Waals surface area contributed by atoms with Crippen LogP contribution < -0.4 is 10.0 Å². The van der Waals surface area contributed by atoms with Crippen molar-refractivity contribution < 1.29 is 13.2 Å². The number of hydrogen-bond acceptors (Lipinski definition) is 4. The molecule has 1 aromatic carbocycles. The van der Waals surface area contributed by atoms with Crippen molar-refractivity contribution in [1.29, 1.82) is 0 Å². The van der Waals surface area contributed by atoms with Crippen molar-refractivity contribution in [2.24, 2.45) is 0 Å². The average Bonchev–Trinajstić information content (AvgIpc) is 2.90. The van der Waals surface area contributed by atoms with Crippen molar-refractivity contribution in [1.82, 2.24) is 10.0 Å². The minimum Gasteiger partial charge on any atom is -0.374 e. The van der Waals surface area contributed by atoms with Crippen molar-refractivity contribution in [2.45, 2.75) is 49.8 Å². The third kappa shape index (κ3) is 4.26. The fourth-order valence-electron chi connectivity index (χ4n) is 2.51. The van der Waals surface area contributed by atoms with E-state index in [1.807, 2.05) is 12.1 Å². The lowest BCUT2D eigenvalue weighted by Crippen LogP contribution is -2.29. The fraction of sp³-hybridized carbons (Fsp3) is 0.600. The molecule has 1 fully saturated rings. The Morgan fingerprint density at radius 2 is 1.95 bits per heavy atom. The van der Waals surface area contributed by atoms with E-state index < -0.39 is 10.0 Å². The van der Waals surface area contributed by atoms with Crippen LogP contribution in [0.5, 0.6) is 0 Å². The van der Waals surface area contributed by atoms with Gasteiger partial charge in [0.1, 0.15) is 0 Å². The Balaban J connectivity index is 1.92. The maximum atomic E-state index is 11.7. The largest absolute Gasteiger partial charge is 0.374 e. The molecule has 3 atom stereocenters.